The van der Waals surface area contributed by atoms with Crippen molar-refractivity contribution in [3.05, 3.63) is 0 Å². The molecule has 0 aromatic carbocycles. The van der Waals surface area contributed by atoms with Gasteiger partial charge in [-0.15, -0.1) is 0 Å². The van der Waals surface area contributed by atoms with Crippen LogP contribution in [0.2, 0.25) is 0 Å². The number of esters is 1. The first-order valence-corrected chi connectivity index (χ1v) is 5.64. The average molecular weight is 216 g/mol. The molecular weight excluding hydrogens is 192 g/mol. The first-order valence-electron chi connectivity index (χ1n) is 5.64. The molecule has 0 aliphatic carbocycles. The lowest BCUT2D eigenvalue weighted by atomic mass is 9.74. The number of hydrogen-bond donors (Lipinski definition) is 1. The minimum atomic E-state index is -1.01. The van der Waals surface area contributed by atoms with Crippen molar-refractivity contribution in [1.82, 2.24) is 0 Å². The van der Waals surface area contributed by atoms with E-state index < -0.39 is 11.5 Å². The Morgan fingerprint density at radius 1 is 1.33 bits per heavy atom. The smallest absolute Gasteiger partial charge is 0.312 e. The summed E-state index contributed by atoms with van der Waals surface area (Å²) in [5.41, 5.74) is -1.01. The third-order valence-corrected chi connectivity index (χ3v) is 3.01. The number of ether oxygens (including phenoxy) is 1. The summed E-state index contributed by atoms with van der Waals surface area (Å²) in [5.74, 6) is -0.667. The van der Waals surface area contributed by atoms with E-state index in [1.165, 1.54) is 0 Å². The molecule has 3 nitrogen and oxygen atoms in total. The van der Waals surface area contributed by atoms with Crippen LogP contribution >= 0.6 is 0 Å². The van der Waals surface area contributed by atoms with Crippen LogP contribution in [0.4, 0.5) is 0 Å². The molecule has 3 heteroatoms. The second-order valence-electron chi connectivity index (χ2n) is 4.85. The highest BCUT2D eigenvalue weighted by atomic mass is 16.5. The van der Waals surface area contributed by atoms with Gasteiger partial charge < -0.3 is 9.84 Å². The van der Waals surface area contributed by atoms with Crippen LogP contribution in [0, 0.1) is 17.8 Å². The van der Waals surface area contributed by atoms with Crippen molar-refractivity contribution in [3.63, 3.8) is 0 Å². The fraction of sp³-hybridized carbons (Fsp3) is 0.917. The van der Waals surface area contributed by atoms with E-state index in [9.17, 15) is 9.90 Å². The lowest BCUT2D eigenvalue weighted by Gasteiger charge is -2.37. The lowest BCUT2D eigenvalue weighted by Crippen LogP contribution is -2.47. The summed E-state index contributed by atoms with van der Waals surface area (Å²) >= 11 is 0. The third-order valence-electron chi connectivity index (χ3n) is 3.01. The number of aliphatic hydroxyl groups is 1. The summed E-state index contributed by atoms with van der Waals surface area (Å²) in [6, 6.07) is 0. The molecule has 0 spiro atoms. The largest absolute Gasteiger partial charge is 0.466 e. The number of hydrogen-bond acceptors (Lipinski definition) is 3. The first-order chi connectivity index (χ1) is 6.75. The normalized spacial score (nSPS) is 17.7. The maximum Gasteiger partial charge on any atom is 0.312 e. The molecule has 0 bridgehead atoms. The van der Waals surface area contributed by atoms with Gasteiger partial charge in [-0.1, -0.05) is 27.7 Å². The molecule has 2 atom stereocenters. The highest BCUT2D eigenvalue weighted by Gasteiger charge is 2.42. The second kappa shape index (κ2) is 5.50. The summed E-state index contributed by atoms with van der Waals surface area (Å²) in [5, 5.41) is 10.3. The van der Waals surface area contributed by atoms with Crippen molar-refractivity contribution in [2.45, 2.75) is 47.1 Å². The molecule has 0 saturated carbocycles. The van der Waals surface area contributed by atoms with Crippen LogP contribution in [0.15, 0.2) is 0 Å². The number of carbonyl (C=O) groups is 1. The molecule has 15 heavy (non-hydrogen) atoms. The third kappa shape index (κ3) is 3.49. The lowest BCUT2D eigenvalue weighted by molar-refractivity contribution is -0.164. The molecule has 0 fully saturated rings. The van der Waals surface area contributed by atoms with Gasteiger partial charge in [-0.25, -0.2) is 0 Å². The Labute approximate surface area is 92.8 Å². The highest BCUT2D eigenvalue weighted by molar-refractivity contribution is 5.74. The van der Waals surface area contributed by atoms with Crippen molar-refractivity contribution in [2.75, 3.05) is 6.61 Å². The van der Waals surface area contributed by atoms with Gasteiger partial charge in [-0.3, -0.25) is 4.79 Å². The van der Waals surface area contributed by atoms with Crippen LogP contribution in [0.25, 0.3) is 0 Å². The van der Waals surface area contributed by atoms with Gasteiger partial charge in [-0.2, -0.15) is 0 Å². The van der Waals surface area contributed by atoms with E-state index >= 15 is 0 Å². The van der Waals surface area contributed by atoms with E-state index in [1.807, 2.05) is 27.7 Å². The predicted octanol–water partition coefficient (Wildman–Crippen LogP) is 2.23. The molecule has 0 heterocycles. The van der Waals surface area contributed by atoms with Crippen molar-refractivity contribution >= 4 is 5.97 Å². The van der Waals surface area contributed by atoms with E-state index in [2.05, 4.69) is 0 Å². The van der Waals surface area contributed by atoms with E-state index in [-0.39, 0.29) is 17.8 Å². The minimum Gasteiger partial charge on any atom is -0.466 e. The van der Waals surface area contributed by atoms with Gasteiger partial charge in [0, 0.05) is 0 Å². The Morgan fingerprint density at radius 2 is 1.80 bits per heavy atom. The molecule has 0 saturated heterocycles. The van der Waals surface area contributed by atoms with E-state index in [4.69, 9.17) is 4.74 Å². The van der Waals surface area contributed by atoms with Crippen LogP contribution in [0.5, 0.6) is 0 Å². The van der Waals surface area contributed by atoms with Gasteiger partial charge in [0.1, 0.15) is 0 Å². The SMILES string of the molecule is CCOC(=O)C(C(C)C)C(C)(O)C(C)C. The maximum atomic E-state index is 11.8. The summed E-state index contributed by atoms with van der Waals surface area (Å²) < 4.78 is 5.00. The summed E-state index contributed by atoms with van der Waals surface area (Å²) in [6.45, 7) is 11.5. The Hall–Kier alpha value is -0.570. The van der Waals surface area contributed by atoms with Crippen LogP contribution in [0.1, 0.15) is 41.5 Å². The van der Waals surface area contributed by atoms with Gasteiger partial charge in [0.15, 0.2) is 0 Å². The fourth-order valence-electron chi connectivity index (χ4n) is 1.78. The molecule has 1 N–H and O–H groups in total. The van der Waals surface area contributed by atoms with Gasteiger partial charge in [0.25, 0.3) is 0 Å². The molecule has 0 radical (unpaired) electrons. The molecular formula is C12H24O3. The van der Waals surface area contributed by atoms with Gasteiger partial charge in [-0.05, 0) is 25.7 Å². The van der Waals surface area contributed by atoms with Gasteiger partial charge >= 0.3 is 5.97 Å². The van der Waals surface area contributed by atoms with Crippen LogP contribution in [-0.2, 0) is 9.53 Å². The van der Waals surface area contributed by atoms with Crippen molar-refractivity contribution in [3.8, 4) is 0 Å². The standard InChI is InChI=1S/C12H24O3/c1-7-15-11(13)10(8(2)3)12(6,14)9(4)5/h8-10,14H,7H2,1-6H3. The molecule has 90 valence electrons. The average Bonchev–Trinajstić information content (AvgIpc) is 2.02. The Morgan fingerprint density at radius 3 is 2.07 bits per heavy atom. The van der Waals surface area contributed by atoms with Crippen molar-refractivity contribution in [2.24, 2.45) is 17.8 Å². The van der Waals surface area contributed by atoms with Crippen molar-refractivity contribution < 1.29 is 14.6 Å². The maximum absolute atomic E-state index is 11.8. The molecule has 0 rings (SSSR count). The highest BCUT2D eigenvalue weighted by Crippen LogP contribution is 2.32. The molecule has 0 amide bonds. The Kier molecular flexibility index (Phi) is 5.29. The first kappa shape index (κ1) is 14.4. The Balaban J connectivity index is 4.89. The van der Waals surface area contributed by atoms with E-state index in [0.29, 0.717) is 6.61 Å². The zero-order chi connectivity index (χ0) is 12.2. The molecule has 0 aliphatic heterocycles. The zero-order valence-electron chi connectivity index (χ0n) is 10.7. The summed E-state index contributed by atoms with van der Waals surface area (Å²) in [7, 11) is 0. The Bertz CT molecular complexity index is 207. The van der Waals surface area contributed by atoms with Crippen LogP contribution in [0.3, 0.4) is 0 Å². The molecule has 0 aromatic heterocycles. The van der Waals surface area contributed by atoms with Crippen LogP contribution in [-0.4, -0.2) is 23.3 Å². The van der Waals surface area contributed by atoms with Crippen molar-refractivity contribution in [1.29, 1.82) is 0 Å². The monoisotopic (exact) mass is 216 g/mol. The van der Waals surface area contributed by atoms with Crippen LogP contribution < -0.4 is 0 Å². The topological polar surface area (TPSA) is 46.5 Å². The van der Waals surface area contributed by atoms with E-state index in [0.717, 1.165) is 0 Å². The minimum absolute atomic E-state index is 0.0225. The van der Waals surface area contributed by atoms with E-state index in [1.54, 1.807) is 13.8 Å². The summed E-state index contributed by atoms with van der Waals surface area (Å²) in [4.78, 5) is 11.8. The fourth-order valence-corrected chi connectivity index (χ4v) is 1.78. The van der Waals surface area contributed by atoms with Gasteiger partial charge in [0.2, 0.25) is 0 Å². The summed E-state index contributed by atoms with van der Waals surface area (Å²) in [6.07, 6.45) is 0. The predicted molar refractivity (Wildman–Crippen MR) is 60.4 cm³/mol. The zero-order valence-corrected chi connectivity index (χ0v) is 10.7. The number of carbonyl (C=O) groups excluding carboxylic acids is 1. The molecule has 2 unspecified atom stereocenters. The quantitative estimate of drug-likeness (QED) is 0.717. The molecule has 0 aromatic rings. The molecule has 0 aliphatic rings. The van der Waals surface area contributed by atoms with Gasteiger partial charge in [0.05, 0.1) is 18.1 Å². The second-order valence-corrected chi connectivity index (χ2v) is 4.85. The number of rotatable bonds is 5.